The fraction of sp³-hybridized carbons (Fsp3) is 0.263. The number of fused-ring (bicyclic) bond motifs is 1. The summed E-state index contributed by atoms with van der Waals surface area (Å²) in [5, 5.41) is 21.2. The van der Waals surface area contributed by atoms with Crippen molar-refractivity contribution in [1.29, 1.82) is 5.26 Å². The Hall–Kier alpha value is -3.00. The molecular weight excluding hydrogens is 399 g/mol. The molecule has 8 nitrogen and oxygen atoms in total. The first-order valence-electron chi connectivity index (χ1n) is 8.64. The summed E-state index contributed by atoms with van der Waals surface area (Å²) in [6, 6.07) is 5.26. The molecule has 0 spiro atoms. The van der Waals surface area contributed by atoms with Gasteiger partial charge in [-0.1, -0.05) is 6.08 Å². The number of halogens is 1. The van der Waals surface area contributed by atoms with E-state index >= 15 is 0 Å². The zero-order valence-corrected chi connectivity index (χ0v) is 16.4. The van der Waals surface area contributed by atoms with Crippen LogP contribution in [0.1, 0.15) is 28.0 Å². The van der Waals surface area contributed by atoms with E-state index in [1.54, 1.807) is 6.07 Å². The zero-order chi connectivity index (χ0) is 21.4. The first-order chi connectivity index (χ1) is 13.7. The number of nitriles is 1. The summed E-state index contributed by atoms with van der Waals surface area (Å²) < 4.78 is 43.0. The second kappa shape index (κ2) is 7.44. The molecule has 1 atom stereocenters. The standard InChI is InChI=1S/C19H19FN4O4S/c1-3-19(11-25)7-6-14-16(29(27,28)23-19)10-24(2)17(14)18(26)22-13-4-5-15(20)12(8-13)9-21/h3-5,8,10,23,25H,1,6-7,11H2,2H3,(H,22,26). The van der Waals surface area contributed by atoms with Crippen LogP contribution in [0, 0.1) is 17.1 Å². The van der Waals surface area contributed by atoms with E-state index in [2.05, 4.69) is 16.6 Å². The number of carbonyl (C=O) groups is 1. The Morgan fingerprint density at radius 2 is 2.28 bits per heavy atom. The number of hydrogen-bond donors (Lipinski definition) is 3. The molecule has 0 radical (unpaired) electrons. The molecule has 1 aliphatic rings. The zero-order valence-electron chi connectivity index (χ0n) is 15.6. The van der Waals surface area contributed by atoms with E-state index in [4.69, 9.17) is 5.26 Å². The SMILES string of the molecule is C=CC1(CO)CCc2c(cn(C)c2C(=O)Nc2ccc(F)c(C#N)c2)S(=O)(=O)N1. The predicted molar refractivity (Wildman–Crippen MR) is 103 cm³/mol. The summed E-state index contributed by atoms with van der Waals surface area (Å²) in [4.78, 5) is 12.8. The lowest BCUT2D eigenvalue weighted by Gasteiger charge is -2.27. The fourth-order valence-corrected chi connectivity index (χ4v) is 5.05. The van der Waals surface area contributed by atoms with Crippen molar-refractivity contribution in [1.82, 2.24) is 9.29 Å². The van der Waals surface area contributed by atoms with Crippen LogP contribution in [0.25, 0.3) is 0 Å². The van der Waals surface area contributed by atoms with Crippen molar-refractivity contribution in [2.45, 2.75) is 23.3 Å². The molecule has 1 unspecified atom stereocenters. The Labute approximate surface area is 167 Å². The molecule has 1 aliphatic heterocycles. The fourth-order valence-electron chi connectivity index (χ4n) is 3.34. The second-order valence-electron chi connectivity index (χ2n) is 6.82. The first kappa shape index (κ1) is 20.7. The maximum atomic E-state index is 13.5. The lowest BCUT2D eigenvalue weighted by Crippen LogP contribution is -2.48. The number of hydrogen-bond acceptors (Lipinski definition) is 5. The number of aliphatic hydroxyl groups is 1. The van der Waals surface area contributed by atoms with Gasteiger partial charge in [0.1, 0.15) is 22.5 Å². The van der Waals surface area contributed by atoms with Crippen molar-refractivity contribution >= 4 is 21.6 Å². The Morgan fingerprint density at radius 3 is 2.90 bits per heavy atom. The number of nitrogens with zero attached hydrogens (tertiary/aromatic N) is 2. The highest BCUT2D eigenvalue weighted by molar-refractivity contribution is 7.89. The molecule has 29 heavy (non-hydrogen) atoms. The van der Waals surface area contributed by atoms with Crippen LogP contribution in [0.2, 0.25) is 0 Å². The Morgan fingerprint density at radius 1 is 1.55 bits per heavy atom. The quantitative estimate of drug-likeness (QED) is 0.648. The minimum absolute atomic E-state index is 0.0563. The molecule has 1 aromatic heterocycles. The van der Waals surface area contributed by atoms with Crippen LogP contribution in [-0.4, -0.2) is 36.1 Å². The molecule has 1 aromatic carbocycles. The maximum Gasteiger partial charge on any atom is 0.272 e. The van der Waals surface area contributed by atoms with E-state index in [-0.39, 0.29) is 34.7 Å². The van der Waals surface area contributed by atoms with Gasteiger partial charge >= 0.3 is 0 Å². The maximum absolute atomic E-state index is 13.5. The number of rotatable bonds is 4. The monoisotopic (exact) mass is 418 g/mol. The highest BCUT2D eigenvalue weighted by atomic mass is 32.2. The minimum Gasteiger partial charge on any atom is -0.394 e. The van der Waals surface area contributed by atoms with Crippen molar-refractivity contribution in [2.24, 2.45) is 7.05 Å². The van der Waals surface area contributed by atoms with Crippen molar-refractivity contribution in [3.63, 3.8) is 0 Å². The minimum atomic E-state index is -4.01. The highest BCUT2D eigenvalue weighted by Crippen LogP contribution is 2.31. The Balaban J connectivity index is 2.02. The summed E-state index contributed by atoms with van der Waals surface area (Å²) in [6.45, 7) is 3.14. The predicted octanol–water partition coefficient (Wildman–Crippen LogP) is 1.43. The van der Waals surface area contributed by atoms with Gasteiger partial charge in [0.2, 0.25) is 10.0 Å². The normalized spacial score (nSPS) is 20.2. The van der Waals surface area contributed by atoms with Gasteiger partial charge in [-0.3, -0.25) is 4.79 Å². The summed E-state index contributed by atoms with van der Waals surface area (Å²) in [7, 11) is -2.47. The van der Waals surface area contributed by atoms with Crippen LogP contribution in [0.4, 0.5) is 10.1 Å². The molecule has 0 saturated carbocycles. The number of anilines is 1. The summed E-state index contributed by atoms with van der Waals surface area (Å²) >= 11 is 0. The number of aryl methyl sites for hydroxylation is 1. The number of nitrogens with one attached hydrogen (secondary N) is 2. The lowest BCUT2D eigenvalue weighted by molar-refractivity contribution is 0.101. The summed E-state index contributed by atoms with van der Waals surface area (Å²) in [5.74, 6) is -1.31. The summed E-state index contributed by atoms with van der Waals surface area (Å²) in [6.07, 6.45) is 3.08. The van der Waals surface area contributed by atoms with Crippen LogP contribution < -0.4 is 10.0 Å². The van der Waals surface area contributed by atoms with Crippen molar-refractivity contribution in [2.75, 3.05) is 11.9 Å². The van der Waals surface area contributed by atoms with E-state index in [9.17, 15) is 22.7 Å². The lowest BCUT2D eigenvalue weighted by atomic mass is 9.93. The van der Waals surface area contributed by atoms with Crippen molar-refractivity contribution in [3.8, 4) is 6.07 Å². The van der Waals surface area contributed by atoms with Gasteiger partial charge in [-0.25, -0.2) is 12.8 Å². The largest absolute Gasteiger partial charge is 0.394 e. The van der Waals surface area contributed by atoms with Gasteiger partial charge in [-0.15, -0.1) is 6.58 Å². The molecule has 0 bridgehead atoms. The number of aliphatic hydroxyl groups excluding tert-OH is 1. The number of sulfonamides is 1. The molecule has 3 N–H and O–H groups in total. The molecule has 0 saturated heterocycles. The van der Waals surface area contributed by atoms with Gasteiger partial charge in [-0.05, 0) is 31.0 Å². The molecule has 10 heteroatoms. The number of aromatic nitrogens is 1. The van der Waals surface area contributed by atoms with Crippen LogP contribution >= 0.6 is 0 Å². The number of carbonyl (C=O) groups excluding carboxylic acids is 1. The van der Waals surface area contributed by atoms with Crippen molar-refractivity contribution in [3.05, 3.63) is 59.7 Å². The van der Waals surface area contributed by atoms with Gasteiger partial charge in [0.25, 0.3) is 5.91 Å². The van der Waals surface area contributed by atoms with Crippen molar-refractivity contribution < 1.29 is 22.7 Å². The van der Waals surface area contributed by atoms with Crippen LogP contribution in [-0.2, 0) is 23.5 Å². The van der Waals surface area contributed by atoms with Gasteiger partial charge in [0.15, 0.2) is 0 Å². The van der Waals surface area contributed by atoms with Gasteiger partial charge in [0, 0.05) is 24.5 Å². The second-order valence-corrected chi connectivity index (χ2v) is 8.47. The van der Waals surface area contributed by atoms with E-state index in [0.29, 0.717) is 5.56 Å². The van der Waals surface area contributed by atoms with E-state index in [0.717, 1.165) is 6.07 Å². The van der Waals surface area contributed by atoms with Gasteiger partial charge < -0.3 is 15.0 Å². The number of benzene rings is 1. The molecular formula is C19H19FN4O4S. The van der Waals surface area contributed by atoms with Crippen LogP contribution in [0.15, 0.2) is 41.9 Å². The molecule has 152 valence electrons. The molecule has 0 aliphatic carbocycles. The average molecular weight is 418 g/mol. The third-order valence-corrected chi connectivity index (χ3v) is 6.53. The molecule has 3 rings (SSSR count). The Bertz CT molecular complexity index is 1150. The third-order valence-electron chi connectivity index (χ3n) is 4.93. The molecule has 2 heterocycles. The topological polar surface area (TPSA) is 124 Å². The van der Waals surface area contributed by atoms with Gasteiger partial charge in [-0.2, -0.15) is 9.98 Å². The molecule has 1 amide bonds. The van der Waals surface area contributed by atoms with E-state index < -0.39 is 33.9 Å². The molecule has 0 fully saturated rings. The molecule has 2 aromatic rings. The highest BCUT2D eigenvalue weighted by Gasteiger charge is 2.39. The van der Waals surface area contributed by atoms with E-state index in [1.165, 1.54) is 36.0 Å². The summed E-state index contributed by atoms with van der Waals surface area (Å²) in [5.41, 5.74) is -0.828. The number of amides is 1. The van der Waals surface area contributed by atoms with Crippen LogP contribution in [0.5, 0.6) is 0 Å². The third kappa shape index (κ3) is 3.67. The van der Waals surface area contributed by atoms with E-state index in [1.807, 2.05) is 0 Å². The van der Waals surface area contributed by atoms with Crippen LogP contribution in [0.3, 0.4) is 0 Å². The smallest absolute Gasteiger partial charge is 0.272 e. The van der Waals surface area contributed by atoms with Gasteiger partial charge in [0.05, 0.1) is 17.7 Å². The Kier molecular flexibility index (Phi) is 5.32. The average Bonchev–Trinajstić information content (AvgIpc) is 2.98. The first-order valence-corrected chi connectivity index (χ1v) is 10.1.